The van der Waals surface area contributed by atoms with Crippen molar-refractivity contribution in [3.63, 3.8) is 0 Å². The van der Waals surface area contributed by atoms with Gasteiger partial charge in [0.25, 0.3) is 0 Å². The van der Waals surface area contributed by atoms with E-state index >= 15 is 24.0 Å². The minimum absolute atomic E-state index is 0.0540. The third-order valence-corrected chi connectivity index (χ3v) is 21.8. The van der Waals surface area contributed by atoms with Crippen LogP contribution in [0.15, 0.2) is 66.7 Å². The highest BCUT2D eigenvalue weighted by Crippen LogP contribution is 2.37. The van der Waals surface area contributed by atoms with Crippen LogP contribution in [-0.4, -0.2) is 251 Å². The van der Waals surface area contributed by atoms with E-state index in [2.05, 4.69) is 22.0 Å². The fourth-order valence-corrected chi connectivity index (χ4v) is 14.4. The van der Waals surface area contributed by atoms with Crippen LogP contribution in [0.2, 0.25) is 5.02 Å². The normalized spacial score (nSPS) is 24.5. The highest BCUT2D eigenvalue weighted by atomic mass is 35.5. The van der Waals surface area contributed by atoms with Crippen molar-refractivity contribution in [3.05, 3.63) is 105 Å². The van der Waals surface area contributed by atoms with Crippen molar-refractivity contribution in [2.75, 3.05) is 76.5 Å². The number of hydrogen-bond acceptors (Lipinski definition) is 13. The molecule has 2 aliphatic heterocycles. The lowest BCUT2D eigenvalue weighted by Crippen LogP contribution is -2.65. The van der Waals surface area contributed by atoms with Gasteiger partial charge >= 0.3 is 6.18 Å². The molecule has 0 aromatic heterocycles. The van der Waals surface area contributed by atoms with Crippen molar-refractivity contribution in [2.45, 2.75) is 205 Å². The number of aryl methyl sites for hydroxylation is 2. The summed E-state index contributed by atoms with van der Waals surface area (Å²) < 4.78 is 42.0. The van der Waals surface area contributed by atoms with E-state index in [4.69, 9.17) is 11.6 Å². The molecule has 1 aliphatic carbocycles. The number of fused-ring (bicyclic) bond motifs is 1. The molecule has 3 aliphatic rings. The summed E-state index contributed by atoms with van der Waals surface area (Å²) >= 11 is 6.19. The van der Waals surface area contributed by atoms with Crippen LogP contribution < -0.4 is 16.0 Å². The number of rotatable bonds is 14. The molecule has 580 valence electrons. The minimum Gasteiger partial charge on any atom is -0.347 e. The van der Waals surface area contributed by atoms with Crippen LogP contribution in [0.25, 0.3) is 0 Å². The van der Waals surface area contributed by atoms with E-state index in [0.717, 1.165) is 32.4 Å². The van der Waals surface area contributed by atoms with Crippen LogP contribution in [0.4, 0.5) is 13.2 Å². The lowest BCUT2D eigenvalue weighted by atomic mass is 9.90. The fourth-order valence-electron chi connectivity index (χ4n) is 14.1. The third kappa shape index (κ3) is 20.5. The van der Waals surface area contributed by atoms with Crippen molar-refractivity contribution >= 4 is 82.5 Å². The molecule has 6 rings (SSSR count). The maximum absolute atomic E-state index is 15.7. The molecule has 0 bridgehead atoms. The number of hydrogen-bond donors (Lipinski definition) is 3. The van der Waals surface area contributed by atoms with Crippen LogP contribution in [-0.2, 0) is 83.0 Å². The molecule has 3 N–H and O–H groups in total. The molecule has 3 fully saturated rings. The van der Waals surface area contributed by atoms with Gasteiger partial charge in [0.05, 0.1) is 35.2 Å². The Balaban J connectivity index is 1.52. The van der Waals surface area contributed by atoms with Crippen molar-refractivity contribution in [1.29, 1.82) is 5.26 Å². The lowest BCUT2D eigenvalue weighted by molar-refractivity contribution is -0.160. The highest BCUT2D eigenvalue weighted by molar-refractivity contribution is 6.31. The zero-order valence-electron chi connectivity index (χ0n) is 64.3. The summed E-state index contributed by atoms with van der Waals surface area (Å²) in [5, 5.41) is 18.0. The molecular weight excluding hydrogens is 1390 g/mol. The number of nitrogens with one attached hydrogen (secondary N) is 3. The third-order valence-electron chi connectivity index (χ3n) is 21.5. The summed E-state index contributed by atoms with van der Waals surface area (Å²) in [6, 6.07) is 6.35. The molecule has 3 aromatic carbocycles. The molecule has 29 heteroatoms. The fraction of sp³-hybridized carbons (Fsp3) is 0.597. The maximum atomic E-state index is 15.7. The van der Waals surface area contributed by atoms with Crippen LogP contribution in [0.3, 0.4) is 0 Å². The second-order valence-electron chi connectivity index (χ2n) is 29.7. The summed E-state index contributed by atoms with van der Waals surface area (Å²) in [4.78, 5) is 192. The van der Waals surface area contributed by atoms with Crippen LogP contribution in [0.1, 0.15) is 146 Å². The largest absolute Gasteiger partial charge is 0.417 e. The Labute approximate surface area is 626 Å². The van der Waals surface area contributed by atoms with Crippen molar-refractivity contribution < 1.29 is 70.7 Å². The number of halogens is 4. The SMILES string of the molecule is CC[C@H](C)[C@@H]1NC(=O)[C@H](CC(C)C)N(C)C(=O)C[C@@H](C(=O)N(C)C)N(C)C(=O)[C@H]([C@@H](C)CC)N(C)C(=O)C2(CCCC2)NC(=O)[C@H](Cc2cccc(C#N)c2)N(C)C(=O)[C@H](CCc2ccc(C(F)(F)F)c(Cl)c2)NC(=O)CN(C)C(=O)[C@H](Cc2ccc(C)cc2)N(C)C(=O)[C@@H]2CCN2C(=O)[C@H](C)N(C)C1=O. The van der Waals surface area contributed by atoms with Gasteiger partial charge in [0.1, 0.15) is 59.9 Å². The van der Waals surface area contributed by atoms with Gasteiger partial charge in [-0.25, -0.2) is 0 Å². The van der Waals surface area contributed by atoms with E-state index in [9.17, 15) is 52.0 Å². The Morgan fingerprint density at radius 3 is 1.84 bits per heavy atom. The zero-order chi connectivity index (χ0) is 79.3. The van der Waals surface area contributed by atoms with Gasteiger partial charge < -0.3 is 60.0 Å². The van der Waals surface area contributed by atoms with Gasteiger partial charge in [-0.05, 0) is 111 Å². The Hall–Kier alpha value is -9.13. The van der Waals surface area contributed by atoms with Gasteiger partial charge in [-0.1, -0.05) is 127 Å². The monoisotopic (exact) mass is 1500 g/mol. The summed E-state index contributed by atoms with van der Waals surface area (Å²) in [6.45, 7) is 13.5. The number of carbonyl (C=O) groups excluding carboxylic acids is 12. The van der Waals surface area contributed by atoms with Gasteiger partial charge in [-0.3, -0.25) is 57.5 Å². The first-order chi connectivity index (χ1) is 49.6. The van der Waals surface area contributed by atoms with E-state index in [0.29, 0.717) is 36.8 Å². The Bertz CT molecular complexity index is 3770. The van der Waals surface area contributed by atoms with Crippen LogP contribution in [0.5, 0.6) is 0 Å². The van der Waals surface area contributed by atoms with E-state index < -0.39 is 172 Å². The van der Waals surface area contributed by atoms with Crippen molar-refractivity contribution in [3.8, 4) is 6.07 Å². The van der Waals surface area contributed by atoms with Gasteiger partial charge in [0.15, 0.2) is 0 Å². The van der Waals surface area contributed by atoms with E-state index in [-0.39, 0.29) is 75.0 Å². The molecule has 2 heterocycles. The molecule has 106 heavy (non-hydrogen) atoms. The number of benzene rings is 3. The molecule has 0 radical (unpaired) electrons. The predicted octanol–water partition coefficient (Wildman–Crippen LogP) is 6.03. The molecule has 1 saturated carbocycles. The smallest absolute Gasteiger partial charge is 0.347 e. The number of amides is 12. The first-order valence-corrected chi connectivity index (χ1v) is 36.7. The maximum Gasteiger partial charge on any atom is 0.417 e. The first-order valence-electron chi connectivity index (χ1n) is 36.3. The standard InChI is InChI=1S/C77H107ClF3N13O12/c1-18-47(6)64-73(104)88(12)49(8)68(99)94-36-33-57(94)72(103)91(15)60(40-51-27-25-46(5)26-28-51)71(102)87(11)44-62(95)83-56(32-30-50-29-31-54(55(78)39-50)77(79,80)81)69(100)90(14)59(41-52-23-22-24-53(38-52)43-82)67(98)85-76(34-20-21-35-76)75(106)93(17)65(48(7)19-2)74(105)92(16)61(70(101)86(9)10)42-63(96)89(13)58(37-45(3)4)66(97)84-64/h22-29,31,38-39,45,47-49,56-61,64-65H,18-21,30,32-37,40-42,44H2,1-17H3,(H,83,95)(H,84,97)(H,85,98)/t47-,48-,49-,56-,57-,58-,59-,60-,61-,64-,65-/m0/s1. The average Bonchev–Trinajstić information content (AvgIpc) is 1.31. The number of nitriles is 1. The van der Waals surface area contributed by atoms with Crippen molar-refractivity contribution in [1.82, 2.24) is 60.0 Å². The lowest BCUT2D eigenvalue weighted by Gasteiger charge is -2.45. The zero-order valence-corrected chi connectivity index (χ0v) is 65.0. The van der Waals surface area contributed by atoms with Gasteiger partial charge in [0.2, 0.25) is 70.9 Å². The highest BCUT2D eigenvalue weighted by Gasteiger charge is 2.51. The van der Waals surface area contributed by atoms with E-state index in [1.54, 1.807) is 45.0 Å². The second-order valence-corrected chi connectivity index (χ2v) is 30.1. The number of carbonyl (C=O) groups is 12. The molecular formula is C77H107ClF3N13O12. The second kappa shape index (κ2) is 36.9. The molecule has 25 nitrogen and oxygen atoms in total. The summed E-state index contributed by atoms with van der Waals surface area (Å²) in [6.07, 6.45) is -4.46. The predicted molar refractivity (Wildman–Crippen MR) is 392 cm³/mol. The Kier molecular flexibility index (Phi) is 29.9. The average molecular weight is 1500 g/mol. The van der Waals surface area contributed by atoms with Gasteiger partial charge in [-0.15, -0.1) is 0 Å². The molecule has 2 saturated heterocycles. The number of alkyl halides is 3. The molecule has 3 aromatic rings. The van der Waals surface area contributed by atoms with Crippen LogP contribution >= 0.6 is 11.6 Å². The van der Waals surface area contributed by atoms with Crippen molar-refractivity contribution in [2.24, 2.45) is 17.8 Å². The molecule has 0 unspecified atom stereocenters. The van der Waals surface area contributed by atoms with E-state index in [1.165, 1.54) is 118 Å². The number of nitrogens with zero attached hydrogens (tertiary/aromatic N) is 10. The summed E-state index contributed by atoms with van der Waals surface area (Å²) in [5.41, 5.74) is -0.522. The molecule has 11 atom stereocenters. The van der Waals surface area contributed by atoms with Gasteiger partial charge in [0, 0.05) is 82.8 Å². The summed E-state index contributed by atoms with van der Waals surface area (Å²) in [5.74, 6) is -10.3. The quantitative estimate of drug-likeness (QED) is 0.166. The molecule has 1 spiro atoms. The summed E-state index contributed by atoms with van der Waals surface area (Å²) in [7, 11) is 12.4. The van der Waals surface area contributed by atoms with E-state index in [1.807, 2.05) is 39.8 Å². The Morgan fingerprint density at radius 2 is 1.28 bits per heavy atom. The first kappa shape index (κ1) is 85.8. The Morgan fingerprint density at radius 1 is 0.679 bits per heavy atom. The number of likely N-dealkylation sites (N-methyl/N-ethyl adjacent to an activating group) is 8. The molecule has 12 amide bonds. The van der Waals surface area contributed by atoms with Gasteiger partial charge in [-0.2, -0.15) is 18.4 Å². The minimum atomic E-state index is -4.81. The topological polar surface area (TPSA) is 294 Å². The van der Waals surface area contributed by atoms with Crippen LogP contribution in [0, 0.1) is 36.0 Å².